The van der Waals surface area contributed by atoms with E-state index in [0.717, 1.165) is 0 Å². The number of ether oxygens (including phenoxy) is 3. The number of rotatable bonds is 13. The van der Waals surface area contributed by atoms with Crippen molar-refractivity contribution in [2.24, 2.45) is 5.73 Å². The van der Waals surface area contributed by atoms with Gasteiger partial charge in [-0.1, -0.05) is 17.9 Å². The Hall–Kier alpha value is -2.03. The van der Waals surface area contributed by atoms with E-state index >= 15 is 0 Å². The first-order valence-corrected chi connectivity index (χ1v) is 15.3. The summed E-state index contributed by atoms with van der Waals surface area (Å²) >= 11 is 0. The van der Waals surface area contributed by atoms with Crippen LogP contribution in [-0.2, 0) is 41.1 Å². The molecule has 0 radical (unpaired) electrons. The van der Waals surface area contributed by atoms with Gasteiger partial charge in [0, 0.05) is 12.6 Å². The van der Waals surface area contributed by atoms with Crippen LogP contribution in [0.15, 0.2) is 25.2 Å². The molecule has 0 amide bonds. The molecule has 0 aromatic carbocycles. The molecule has 4 unspecified atom stereocenters. The molecule has 0 spiro atoms. The minimum Gasteiger partial charge on any atom is -0.383 e. The van der Waals surface area contributed by atoms with Gasteiger partial charge >= 0.3 is 23.5 Å². The van der Waals surface area contributed by atoms with Crippen LogP contribution < -0.4 is 11.5 Å². The molecule has 8 N–H and O–H groups in total. The summed E-state index contributed by atoms with van der Waals surface area (Å²) in [5.41, 5.74) is 12.3. The number of nitrogens with zero attached hydrogens (tertiary/aromatic N) is 3. The fraction of sp³-hybridized carbons (Fsp3) is 0.444. The summed E-state index contributed by atoms with van der Waals surface area (Å²) < 4.78 is 65.3. The van der Waals surface area contributed by atoms with Crippen molar-refractivity contribution in [2.45, 2.75) is 24.9 Å². The lowest BCUT2D eigenvalue weighted by molar-refractivity contribution is -0.112. The second-order valence-corrected chi connectivity index (χ2v) is 12.1. The lowest BCUT2D eigenvalue weighted by Gasteiger charge is -2.21. The molecule has 3 rings (SSSR count). The zero-order chi connectivity index (χ0) is 28.8. The van der Waals surface area contributed by atoms with Crippen LogP contribution in [-0.4, -0.2) is 72.9 Å². The maximum atomic E-state index is 12.2. The summed E-state index contributed by atoms with van der Waals surface area (Å²) in [5, 5.41) is 0.450. The predicted molar refractivity (Wildman–Crippen MR) is 132 cm³/mol. The number of anilines is 1. The standard InChI is InChI=1S/C18H26N5O13P3/c1-2-6-31-11-32-13-7-15(23-8-12(4-3-5-19)16-17(20)21-10-22-18(16)23)34-14(13)9-33-38(27,28)36-39(29,30)35-37(24,25)26/h2,8,10,13-15H,1,5-7,9,11,19H2,(H,27,28)(H,29,30)(H2,20,21,22)(H2,24,25,26)/t13?,14-,15?/m1/s1. The molecule has 2 aromatic heterocycles. The van der Waals surface area contributed by atoms with E-state index in [1.54, 1.807) is 10.8 Å². The van der Waals surface area contributed by atoms with Crippen molar-refractivity contribution in [1.29, 1.82) is 0 Å². The van der Waals surface area contributed by atoms with Gasteiger partial charge in [0.1, 0.15) is 36.9 Å². The Morgan fingerprint density at radius 2 is 1.95 bits per heavy atom. The van der Waals surface area contributed by atoms with Crippen LogP contribution in [0.25, 0.3) is 11.0 Å². The van der Waals surface area contributed by atoms with E-state index in [-0.39, 0.29) is 32.2 Å². The molecule has 1 aliphatic rings. The average molecular weight is 613 g/mol. The number of nitrogens with two attached hydrogens (primary N) is 2. The molecule has 5 atom stereocenters. The Kier molecular flexibility index (Phi) is 10.6. The number of fused-ring (bicyclic) bond motifs is 1. The largest absolute Gasteiger partial charge is 0.490 e. The topological polar surface area (TPSA) is 270 Å². The van der Waals surface area contributed by atoms with Gasteiger partial charge in [-0.15, -0.1) is 6.58 Å². The van der Waals surface area contributed by atoms with E-state index in [9.17, 15) is 23.5 Å². The predicted octanol–water partition coefficient (Wildman–Crippen LogP) is 0.500. The molecule has 0 bridgehead atoms. The van der Waals surface area contributed by atoms with Gasteiger partial charge in [-0.3, -0.25) is 4.52 Å². The zero-order valence-electron chi connectivity index (χ0n) is 20.0. The van der Waals surface area contributed by atoms with Gasteiger partial charge in [-0.25, -0.2) is 23.7 Å². The van der Waals surface area contributed by atoms with Gasteiger partial charge in [0.05, 0.1) is 36.8 Å². The van der Waals surface area contributed by atoms with E-state index in [1.807, 2.05) is 0 Å². The van der Waals surface area contributed by atoms with E-state index in [4.69, 9.17) is 40.0 Å². The fourth-order valence-corrected chi connectivity index (χ4v) is 6.53. The quantitative estimate of drug-likeness (QED) is 0.0590. The number of hydrogen-bond acceptors (Lipinski definition) is 13. The molecule has 1 saturated heterocycles. The van der Waals surface area contributed by atoms with Gasteiger partial charge in [-0.05, 0) is 0 Å². The summed E-state index contributed by atoms with van der Waals surface area (Å²) in [6.45, 7) is 2.83. The molecule has 1 aliphatic heterocycles. The van der Waals surface area contributed by atoms with Crippen LogP contribution >= 0.6 is 23.5 Å². The smallest absolute Gasteiger partial charge is 0.383 e. The van der Waals surface area contributed by atoms with Gasteiger partial charge in [0.25, 0.3) is 0 Å². The van der Waals surface area contributed by atoms with Crippen molar-refractivity contribution in [3.8, 4) is 11.8 Å². The third-order valence-electron chi connectivity index (χ3n) is 4.87. The van der Waals surface area contributed by atoms with E-state index in [1.165, 1.54) is 12.4 Å². The third-order valence-corrected chi connectivity index (χ3v) is 8.68. The Balaban J connectivity index is 1.82. The van der Waals surface area contributed by atoms with E-state index in [0.29, 0.717) is 16.6 Å². The lowest BCUT2D eigenvalue weighted by atomic mass is 10.2. The molecule has 3 heterocycles. The summed E-state index contributed by atoms with van der Waals surface area (Å²) in [6.07, 6.45) is 1.79. The van der Waals surface area contributed by atoms with Crippen molar-refractivity contribution in [3.63, 3.8) is 0 Å². The Morgan fingerprint density at radius 1 is 1.21 bits per heavy atom. The minimum absolute atomic E-state index is 0.0868. The highest BCUT2D eigenvalue weighted by Crippen LogP contribution is 2.66. The van der Waals surface area contributed by atoms with Crippen LogP contribution in [0.1, 0.15) is 18.2 Å². The molecule has 21 heteroatoms. The number of phosphoric acid groups is 3. The minimum atomic E-state index is -5.69. The van der Waals surface area contributed by atoms with Crippen molar-refractivity contribution in [1.82, 2.24) is 14.5 Å². The summed E-state index contributed by atoms with van der Waals surface area (Å²) in [7, 11) is -16.6. The average Bonchev–Trinajstić information content (AvgIpc) is 3.39. The molecular weight excluding hydrogens is 587 g/mol. The molecule has 2 aromatic rings. The van der Waals surface area contributed by atoms with Crippen LogP contribution in [0.2, 0.25) is 0 Å². The van der Waals surface area contributed by atoms with Gasteiger partial charge < -0.3 is 49.8 Å². The normalized spacial score (nSPS) is 22.6. The van der Waals surface area contributed by atoms with Gasteiger partial charge in [-0.2, -0.15) is 8.62 Å². The maximum Gasteiger partial charge on any atom is 0.490 e. The highest BCUT2D eigenvalue weighted by Gasteiger charge is 2.43. The number of aromatic nitrogens is 3. The SMILES string of the molecule is C=CCOCOC1CC(n2cc(C#CCN)c3c(N)ncnc32)O[C@@H]1COP(=O)(O)OP(=O)(O)OP(=O)(O)O. The van der Waals surface area contributed by atoms with E-state index < -0.39 is 48.5 Å². The molecule has 1 fully saturated rings. The van der Waals surface area contributed by atoms with Crippen LogP contribution in [0, 0.1) is 11.8 Å². The second-order valence-electron chi connectivity index (χ2n) is 7.65. The second kappa shape index (κ2) is 13.1. The maximum absolute atomic E-state index is 12.2. The first kappa shape index (κ1) is 31.5. The van der Waals surface area contributed by atoms with Crippen molar-refractivity contribution >= 4 is 40.3 Å². The van der Waals surface area contributed by atoms with Crippen LogP contribution in [0.4, 0.5) is 5.82 Å². The van der Waals surface area contributed by atoms with Crippen molar-refractivity contribution in [3.05, 3.63) is 30.7 Å². The first-order valence-electron chi connectivity index (χ1n) is 10.8. The number of phosphoric ester groups is 1. The Bertz CT molecular complexity index is 1390. The molecular formula is C18H26N5O13P3. The molecule has 0 aliphatic carbocycles. The van der Waals surface area contributed by atoms with Crippen molar-refractivity contribution in [2.75, 3.05) is 32.3 Å². The Labute approximate surface area is 221 Å². The summed E-state index contributed by atoms with van der Waals surface area (Å²) in [4.78, 5) is 44.7. The zero-order valence-corrected chi connectivity index (χ0v) is 22.7. The fourth-order valence-electron chi connectivity index (χ4n) is 3.50. The monoisotopic (exact) mass is 613 g/mol. The van der Waals surface area contributed by atoms with Crippen LogP contribution in [0.5, 0.6) is 0 Å². The van der Waals surface area contributed by atoms with Gasteiger partial charge in [0.2, 0.25) is 0 Å². The first-order chi connectivity index (χ1) is 18.3. The molecule has 0 saturated carbocycles. The van der Waals surface area contributed by atoms with Crippen LogP contribution in [0.3, 0.4) is 0 Å². The summed E-state index contributed by atoms with van der Waals surface area (Å²) in [6, 6.07) is 0. The van der Waals surface area contributed by atoms with Crippen molar-refractivity contribution < 1.29 is 60.6 Å². The highest BCUT2D eigenvalue weighted by molar-refractivity contribution is 7.66. The Morgan fingerprint density at radius 3 is 2.62 bits per heavy atom. The number of hydrogen-bond donors (Lipinski definition) is 6. The lowest BCUT2D eigenvalue weighted by Crippen LogP contribution is -2.29. The third kappa shape index (κ3) is 8.98. The molecule has 39 heavy (non-hydrogen) atoms. The molecule has 18 nitrogen and oxygen atoms in total. The number of nitrogen functional groups attached to an aromatic ring is 1. The van der Waals surface area contributed by atoms with Gasteiger partial charge in [0.15, 0.2) is 0 Å². The molecule has 216 valence electrons. The highest BCUT2D eigenvalue weighted by atomic mass is 31.3. The summed E-state index contributed by atoms with van der Waals surface area (Å²) in [5.74, 6) is 5.77. The van der Waals surface area contributed by atoms with E-state index in [2.05, 4.69) is 37.0 Å².